The van der Waals surface area contributed by atoms with E-state index in [-0.39, 0.29) is 11.8 Å². The molecule has 2 amide bonds. The minimum atomic E-state index is -0.256. The van der Waals surface area contributed by atoms with Crippen molar-refractivity contribution in [2.24, 2.45) is 5.92 Å². The van der Waals surface area contributed by atoms with Crippen LogP contribution >= 0.6 is 0 Å². The number of nitrogens with one attached hydrogen (secondary N) is 2. The Balaban J connectivity index is 1.88. The van der Waals surface area contributed by atoms with Gasteiger partial charge < -0.3 is 15.2 Å². The van der Waals surface area contributed by atoms with Gasteiger partial charge in [-0.25, -0.2) is 4.98 Å². The van der Waals surface area contributed by atoms with Crippen LogP contribution < -0.4 is 10.6 Å². The summed E-state index contributed by atoms with van der Waals surface area (Å²) in [5, 5.41) is 5.86. The Hall–Kier alpha value is -2.63. The van der Waals surface area contributed by atoms with E-state index < -0.39 is 0 Å². The van der Waals surface area contributed by atoms with Crippen molar-refractivity contribution in [3.8, 4) is 0 Å². The summed E-state index contributed by atoms with van der Waals surface area (Å²) in [6, 6.07) is 5.93. The quantitative estimate of drug-likeness (QED) is 0.848. The van der Waals surface area contributed by atoms with E-state index >= 15 is 0 Å². The van der Waals surface area contributed by atoms with Crippen LogP contribution in [0.2, 0.25) is 0 Å². The number of carbonyl (C=O) groups excluding carboxylic acids is 2. The third kappa shape index (κ3) is 4.38. The molecule has 0 bridgehead atoms. The standard InChI is InChI=1S/C21H28N4O2/c1-13(2)12-22-21(27)19-24-18(17-7-5-6-8-25(17)19)20(26)23-16-10-14(3)9-15(4)11-16/h9-11,13H,5-8,12H2,1-4H3,(H,22,27)(H,23,26). The van der Waals surface area contributed by atoms with Crippen molar-refractivity contribution in [1.82, 2.24) is 14.9 Å². The molecule has 1 aromatic heterocycles. The number of aryl methyl sites for hydroxylation is 2. The van der Waals surface area contributed by atoms with Gasteiger partial charge in [-0.05, 0) is 62.3 Å². The van der Waals surface area contributed by atoms with E-state index in [0.29, 0.717) is 24.0 Å². The molecule has 0 saturated heterocycles. The van der Waals surface area contributed by atoms with Gasteiger partial charge in [0, 0.05) is 18.8 Å². The molecule has 1 aliphatic heterocycles. The summed E-state index contributed by atoms with van der Waals surface area (Å²) >= 11 is 0. The first-order chi connectivity index (χ1) is 12.8. The lowest BCUT2D eigenvalue weighted by molar-refractivity contribution is 0.0933. The Labute approximate surface area is 160 Å². The zero-order valence-corrected chi connectivity index (χ0v) is 16.6. The van der Waals surface area contributed by atoms with Gasteiger partial charge in [-0.3, -0.25) is 9.59 Å². The number of anilines is 1. The molecule has 0 spiro atoms. The third-order valence-electron chi connectivity index (χ3n) is 4.69. The van der Waals surface area contributed by atoms with E-state index in [1.54, 1.807) is 0 Å². The fraction of sp³-hybridized carbons (Fsp3) is 0.476. The molecule has 1 aromatic carbocycles. The Morgan fingerprint density at radius 1 is 1.11 bits per heavy atom. The maximum Gasteiger partial charge on any atom is 0.287 e. The third-order valence-corrected chi connectivity index (χ3v) is 4.69. The average Bonchev–Trinajstić information content (AvgIpc) is 2.98. The van der Waals surface area contributed by atoms with E-state index in [9.17, 15) is 9.59 Å². The first-order valence-electron chi connectivity index (χ1n) is 9.62. The van der Waals surface area contributed by atoms with Gasteiger partial charge in [0.25, 0.3) is 11.8 Å². The molecule has 2 aromatic rings. The fourth-order valence-corrected chi connectivity index (χ4v) is 3.51. The number of nitrogens with zero attached hydrogens (tertiary/aromatic N) is 2. The molecule has 0 atom stereocenters. The zero-order valence-electron chi connectivity index (χ0n) is 16.6. The van der Waals surface area contributed by atoms with Gasteiger partial charge in [0.1, 0.15) is 0 Å². The van der Waals surface area contributed by atoms with Crippen LogP contribution in [0.5, 0.6) is 0 Å². The van der Waals surface area contributed by atoms with E-state index in [0.717, 1.165) is 48.3 Å². The highest BCUT2D eigenvalue weighted by atomic mass is 16.2. The van der Waals surface area contributed by atoms with Crippen LogP contribution in [0.4, 0.5) is 5.69 Å². The van der Waals surface area contributed by atoms with Gasteiger partial charge in [0.15, 0.2) is 11.5 Å². The molecule has 0 fully saturated rings. The number of rotatable bonds is 5. The Bertz CT molecular complexity index is 847. The number of benzene rings is 1. The van der Waals surface area contributed by atoms with Crippen LogP contribution in [0, 0.1) is 19.8 Å². The summed E-state index contributed by atoms with van der Waals surface area (Å²) in [7, 11) is 0. The van der Waals surface area contributed by atoms with Gasteiger partial charge >= 0.3 is 0 Å². The molecule has 2 heterocycles. The van der Waals surface area contributed by atoms with Crippen LogP contribution in [0.3, 0.4) is 0 Å². The first kappa shape index (κ1) is 19.1. The highest BCUT2D eigenvalue weighted by molar-refractivity contribution is 6.05. The summed E-state index contributed by atoms with van der Waals surface area (Å²) in [5.41, 5.74) is 4.15. The highest BCUT2D eigenvalue weighted by Crippen LogP contribution is 2.23. The minimum absolute atomic E-state index is 0.211. The van der Waals surface area contributed by atoms with Gasteiger partial charge in [0.05, 0.1) is 5.69 Å². The number of fused-ring (bicyclic) bond motifs is 1. The predicted molar refractivity (Wildman–Crippen MR) is 106 cm³/mol. The van der Waals surface area contributed by atoms with Gasteiger partial charge in [-0.2, -0.15) is 0 Å². The molecular formula is C21H28N4O2. The second-order valence-corrected chi connectivity index (χ2v) is 7.77. The van der Waals surface area contributed by atoms with Crippen LogP contribution in [-0.4, -0.2) is 27.9 Å². The van der Waals surface area contributed by atoms with Crippen molar-refractivity contribution in [3.63, 3.8) is 0 Å². The second-order valence-electron chi connectivity index (χ2n) is 7.77. The predicted octanol–water partition coefficient (Wildman–Crippen LogP) is 3.47. The molecule has 0 unspecified atom stereocenters. The molecule has 144 valence electrons. The molecule has 3 rings (SSSR count). The Morgan fingerprint density at radius 3 is 2.48 bits per heavy atom. The smallest absolute Gasteiger partial charge is 0.287 e. The van der Waals surface area contributed by atoms with Gasteiger partial charge in [0.2, 0.25) is 0 Å². The van der Waals surface area contributed by atoms with Crippen LogP contribution in [-0.2, 0) is 13.0 Å². The molecule has 0 saturated carbocycles. The molecular weight excluding hydrogens is 340 g/mol. The molecule has 0 aliphatic carbocycles. The van der Waals surface area contributed by atoms with E-state index in [1.165, 1.54) is 0 Å². The van der Waals surface area contributed by atoms with Crippen molar-refractivity contribution >= 4 is 17.5 Å². The SMILES string of the molecule is Cc1cc(C)cc(NC(=O)c2nc(C(=O)NCC(C)C)n3c2CCCC3)c1. The number of aromatic nitrogens is 2. The van der Waals surface area contributed by atoms with Gasteiger partial charge in [-0.1, -0.05) is 19.9 Å². The largest absolute Gasteiger partial charge is 0.349 e. The first-order valence-corrected chi connectivity index (χ1v) is 9.62. The van der Waals surface area contributed by atoms with Crippen molar-refractivity contribution in [2.45, 2.75) is 53.5 Å². The van der Waals surface area contributed by atoms with Crippen LogP contribution in [0.1, 0.15) is 64.6 Å². The summed E-state index contributed by atoms with van der Waals surface area (Å²) in [4.78, 5) is 29.9. The van der Waals surface area contributed by atoms with Crippen molar-refractivity contribution in [2.75, 3.05) is 11.9 Å². The fourth-order valence-electron chi connectivity index (χ4n) is 3.51. The molecule has 6 nitrogen and oxygen atoms in total. The number of carbonyl (C=O) groups is 2. The van der Waals surface area contributed by atoms with Crippen LogP contribution in [0.25, 0.3) is 0 Å². The molecule has 27 heavy (non-hydrogen) atoms. The highest BCUT2D eigenvalue weighted by Gasteiger charge is 2.27. The monoisotopic (exact) mass is 368 g/mol. The topological polar surface area (TPSA) is 76.0 Å². The maximum absolute atomic E-state index is 12.9. The Kier molecular flexibility index (Phi) is 5.63. The van der Waals surface area contributed by atoms with Crippen molar-refractivity contribution in [1.29, 1.82) is 0 Å². The van der Waals surface area contributed by atoms with Crippen molar-refractivity contribution in [3.05, 3.63) is 46.5 Å². The summed E-state index contributed by atoms with van der Waals surface area (Å²) in [5.74, 6) is 0.235. The number of hydrogen-bond acceptors (Lipinski definition) is 3. The van der Waals surface area contributed by atoms with E-state index in [2.05, 4.69) is 21.7 Å². The Morgan fingerprint density at radius 2 is 1.81 bits per heavy atom. The normalized spacial score (nSPS) is 13.4. The second kappa shape index (κ2) is 7.94. The average molecular weight is 368 g/mol. The molecule has 2 N–H and O–H groups in total. The summed E-state index contributed by atoms with van der Waals surface area (Å²) < 4.78 is 1.91. The molecule has 6 heteroatoms. The lowest BCUT2D eigenvalue weighted by Crippen LogP contribution is -2.30. The summed E-state index contributed by atoms with van der Waals surface area (Å²) in [6.45, 7) is 9.40. The number of amides is 2. The zero-order chi connectivity index (χ0) is 19.6. The van der Waals surface area contributed by atoms with Gasteiger partial charge in [-0.15, -0.1) is 0 Å². The minimum Gasteiger partial charge on any atom is -0.349 e. The summed E-state index contributed by atoms with van der Waals surface area (Å²) in [6.07, 6.45) is 2.76. The molecule has 1 aliphatic rings. The lowest BCUT2D eigenvalue weighted by Gasteiger charge is -2.17. The van der Waals surface area contributed by atoms with E-state index in [1.807, 2.05) is 44.4 Å². The number of hydrogen-bond donors (Lipinski definition) is 2. The lowest BCUT2D eigenvalue weighted by atomic mass is 10.1. The number of imidazole rings is 1. The molecule has 0 radical (unpaired) electrons. The van der Waals surface area contributed by atoms with Crippen molar-refractivity contribution < 1.29 is 9.59 Å². The maximum atomic E-state index is 12.9. The van der Waals surface area contributed by atoms with Crippen LogP contribution in [0.15, 0.2) is 18.2 Å². The van der Waals surface area contributed by atoms with E-state index in [4.69, 9.17) is 0 Å².